The lowest BCUT2D eigenvalue weighted by Gasteiger charge is -2.02. The summed E-state index contributed by atoms with van der Waals surface area (Å²) in [4.78, 5) is 4.04. The summed E-state index contributed by atoms with van der Waals surface area (Å²) in [5, 5.41) is 11.4. The predicted octanol–water partition coefficient (Wildman–Crippen LogP) is 4.30. The lowest BCUT2D eigenvalue weighted by molar-refractivity contribution is 0.481. The molecule has 2 aromatic rings. The minimum absolute atomic E-state index is 0.326. The fourth-order valence-corrected chi connectivity index (χ4v) is 1.39. The molecule has 2 nitrogen and oxygen atoms in total. The molecule has 88 valence electrons. The Labute approximate surface area is 98.0 Å². The fourth-order valence-electron chi connectivity index (χ4n) is 1.39. The maximum atomic E-state index is 9.52. The van der Waals surface area contributed by atoms with Crippen LogP contribution >= 0.6 is 0 Å². The normalized spacial score (nSPS) is 8.56. The quantitative estimate of drug-likeness (QED) is 0.716. The third-order valence-corrected chi connectivity index (χ3v) is 1.95. The molecular weight excluding hydrogens is 198 g/mol. The smallest absolute Gasteiger partial charge is 0.123 e. The largest absolute Gasteiger partial charge is 0.507 e. The summed E-state index contributed by atoms with van der Waals surface area (Å²) in [6.45, 7) is 9.94. The van der Waals surface area contributed by atoms with E-state index in [0.717, 1.165) is 16.3 Å². The molecule has 0 amide bonds. The summed E-state index contributed by atoms with van der Waals surface area (Å²) in [6.07, 6.45) is 3.50. The maximum absolute atomic E-state index is 9.52. The monoisotopic (exact) mass is 219 g/mol. The van der Waals surface area contributed by atoms with Crippen LogP contribution in [-0.4, -0.2) is 10.1 Å². The van der Waals surface area contributed by atoms with Gasteiger partial charge in [-0.25, -0.2) is 0 Å². The number of nitrogens with zero attached hydrogens (tertiary/aromatic N) is 1. The number of hydrogen-bond acceptors (Lipinski definition) is 2. The topological polar surface area (TPSA) is 33.1 Å². The number of aromatic nitrogens is 1. The first-order valence-electron chi connectivity index (χ1n) is 5.81. The van der Waals surface area contributed by atoms with Crippen molar-refractivity contribution in [3.05, 3.63) is 36.2 Å². The Kier molecular flexibility index (Phi) is 6.93. The summed E-state index contributed by atoms with van der Waals surface area (Å²) >= 11 is 0. The van der Waals surface area contributed by atoms with Crippen LogP contribution in [0.25, 0.3) is 10.8 Å². The van der Waals surface area contributed by atoms with Crippen LogP contribution in [0.3, 0.4) is 0 Å². The first-order chi connectivity index (χ1) is 7.79. The molecule has 0 radical (unpaired) electrons. The minimum atomic E-state index is 0.326. The van der Waals surface area contributed by atoms with Gasteiger partial charge in [0.25, 0.3) is 0 Å². The molecule has 0 aliphatic rings. The van der Waals surface area contributed by atoms with Crippen LogP contribution < -0.4 is 0 Å². The predicted molar refractivity (Wildman–Crippen MR) is 70.8 cm³/mol. The molecule has 0 spiro atoms. The zero-order valence-corrected chi connectivity index (χ0v) is 10.8. The number of aromatic hydroxyl groups is 1. The van der Waals surface area contributed by atoms with E-state index in [1.165, 1.54) is 0 Å². The van der Waals surface area contributed by atoms with Gasteiger partial charge in [0.1, 0.15) is 5.75 Å². The second kappa shape index (κ2) is 7.69. The number of pyridine rings is 1. The van der Waals surface area contributed by atoms with Gasteiger partial charge in [-0.2, -0.15) is 0 Å². The SMILES string of the molecule is CC.CC.Cc1cncc2cccc(O)c12. The Bertz CT molecular complexity index is 387. The molecule has 16 heavy (non-hydrogen) atoms. The number of benzene rings is 1. The van der Waals surface area contributed by atoms with Crippen LogP contribution in [0.4, 0.5) is 0 Å². The van der Waals surface area contributed by atoms with Gasteiger partial charge in [0, 0.05) is 23.2 Å². The number of aryl methyl sites for hydroxylation is 1. The van der Waals surface area contributed by atoms with Crippen molar-refractivity contribution in [1.29, 1.82) is 0 Å². The molecule has 0 atom stereocenters. The van der Waals surface area contributed by atoms with Crippen LogP contribution in [0.5, 0.6) is 5.75 Å². The van der Waals surface area contributed by atoms with Crippen molar-refractivity contribution in [2.24, 2.45) is 0 Å². The van der Waals surface area contributed by atoms with Crippen LogP contribution in [0.15, 0.2) is 30.6 Å². The third-order valence-electron chi connectivity index (χ3n) is 1.95. The zero-order valence-electron chi connectivity index (χ0n) is 10.8. The summed E-state index contributed by atoms with van der Waals surface area (Å²) in [6, 6.07) is 5.45. The Hall–Kier alpha value is -1.57. The molecule has 0 saturated heterocycles. The van der Waals surface area contributed by atoms with Crippen LogP contribution in [-0.2, 0) is 0 Å². The highest BCUT2D eigenvalue weighted by molar-refractivity contribution is 5.89. The van der Waals surface area contributed by atoms with Crippen molar-refractivity contribution < 1.29 is 5.11 Å². The molecule has 1 aromatic heterocycles. The van der Waals surface area contributed by atoms with E-state index in [0.29, 0.717) is 5.75 Å². The first-order valence-corrected chi connectivity index (χ1v) is 5.81. The van der Waals surface area contributed by atoms with Crippen molar-refractivity contribution in [2.45, 2.75) is 34.6 Å². The maximum Gasteiger partial charge on any atom is 0.123 e. The molecule has 0 aliphatic carbocycles. The van der Waals surface area contributed by atoms with Crippen LogP contribution in [0, 0.1) is 6.92 Å². The van der Waals surface area contributed by atoms with E-state index in [1.807, 2.05) is 46.8 Å². The van der Waals surface area contributed by atoms with Crippen molar-refractivity contribution in [3.63, 3.8) is 0 Å². The zero-order chi connectivity index (χ0) is 12.6. The Balaban J connectivity index is 0.000000509. The summed E-state index contributed by atoms with van der Waals surface area (Å²) in [5.41, 5.74) is 1.01. The molecule has 2 rings (SSSR count). The van der Waals surface area contributed by atoms with E-state index in [4.69, 9.17) is 0 Å². The van der Waals surface area contributed by atoms with Gasteiger partial charge in [-0.05, 0) is 18.6 Å². The summed E-state index contributed by atoms with van der Waals surface area (Å²) in [5.74, 6) is 0.326. The summed E-state index contributed by atoms with van der Waals surface area (Å²) < 4.78 is 0. The molecule has 1 aromatic carbocycles. The highest BCUT2D eigenvalue weighted by Gasteiger charge is 2.00. The standard InChI is InChI=1S/C10H9NO.2C2H6/c1-7-5-11-6-8-3-2-4-9(12)10(7)8;2*1-2/h2-6,12H,1H3;2*1-2H3. The van der Waals surface area contributed by atoms with Gasteiger partial charge < -0.3 is 5.11 Å². The van der Waals surface area contributed by atoms with Crippen molar-refractivity contribution in [3.8, 4) is 5.75 Å². The highest BCUT2D eigenvalue weighted by Crippen LogP contribution is 2.25. The molecule has 1 heterocycles. The molecule has 1 N–H and O–H groups in total. The molecule has 0 saturated carbocycles. The number of hydrogen-bond donors (Lipinski definition) is 1. The molecule has 0 aliphatic heterocycles. The van der Waals surface area contributed by atoms with Gasteiger partial charge in [-0.1, -0.05) is 39.8 Å². The van der Waals surface area contributed by atoms with Gasteiger partial charge >= 0.3 is 0 Å². The van der Waals surface area contributed by atoms with Gasteiger partial charge in [-0.15, -0.1) is 0 Å². The number of phenols is 1. The molecule has 0 fully saturated rings. The number of fused-ring (bicyclic) bond motifs is 1. The van der Waals surface area contributed by atoms with Gasteiger partial charge in [-0.3, -0.25) is 4.98 Å². The van der Waals surface area contributed by atoms with Crippen molar-refractivity contribution >= 4 is 10.8 Å². The fraction of sp³-hybridized carbons (Fsp3) is 0.357. The number of rotatable bonds is 0. The molecular formula is C14H21NO. The lowest BCUT2D eigenvalue weighted by Crippen LogP contribution is -1.81. The second-order valence-corrected chi connectivity index (χ2v) is 2.83. The third kappa shape index (κ3) is 3.23. The van der Waals surface area contributed by atoms with Crippen LogP contribution in [0.2, 0.25) is 0 Å². The van der Waals surface area contributed by atoms with Gasteiger partial charge in [0.2, 0.25) is 0 Å². The Morgan fingerprint density at radius 1 is 1.00 bits per heavy atom. The molecule has 2 heteroatoms. The van der Waals surface area contributed by atoms with Gasteiger partial charge in [0.15, 0.2) is 0 Å². The minimum Gasteiger partial charge on any atom is -0.507 e. The second-order valence-electron chi connectivity index (χ2n) is 2.83. The molecule has 0 unspecified atom stereocenters. The van der Waals surface area contributed by atoms with Crippen molar-refractivity contribution in [1.82, 2.24) is 4.98 Å². The van der Waals surface area contributed by atoms with E-state index >= 15 is 0 Å². The van der Waals surface area contributed by atoms with E-state index in [9.17, 15) is 5.11 Å². The van der Waals surface area contributed by atoms with E-state index in [-0.39, 0.29) is 0 Å². The summed E-state index contributed by atoms with van der Waals surface area (Å²) in [7, 11) is 0. The van der Waals surface area contributed by atoms with Crippen LogP contribution in [0.1, 0.15) is 33.3 Å². The van der Waals surface area contributed by atoms with E-state index in [1.54, 1.807) is 18.5 Å². The first kappa shape index (κ1) is 14.4. The van der Waals surface area contributed by atoms with Crippen molar-refractivity contribution in [2.75, 3.05) is 0 Å². The lowest BCUT2D eigenvalue weighted by atomic mass is 10.1. The van der Waals surface area contributed by atoms with E-state index in [2.05, 4.69) is 4.98 Å². The average Bonchev–Trinajstić information content (AvgIpc) is 2.34. The highest BCUT2D eigenvalue weighted by atomic mass is 16.3. The van der Waals surface area contributed by atoms with Gasteiger partial charge in [0.05, 0.1) is 0 Å². The average molecular weight is 219 g/mol. The Morgan fingerprint density at radius 2 is 1.62 bits per heavy atom. The Morgan fingerprint density at radius 3 is 2.19 bits per heavy atom. The number of phenolic OH excluding ortho intramolecular Hbond substituents is 1. The molecule has 0 bridgehead atoms. The van der Waals surface area contributed by atoms with E-state index < -0.39 is 0 Å².